The zero-order chi connectivity index (χ0) is 19.4. The van der Waals surface area contributed by atoms with E-state index in [-0.39, 0.29) is 16.7 Å². The summed E-state index contributed by atoms with van der Waals surface area (Å²) in [6.07, 6.45) is 0.394. The van der Waals surface area contributed by atoms with E-state index in [1.807, 2.05) is 0 Å². The first-order chi connectivity index (χ1) is 12.9. The van der Waals surface area contributed by atoms with Crippen molar-refractivity contribution in [2.45, 2.75) is 13.0 Å². The van der Waals surface area contributed by atoms with Gasteiger partial charge in [-0.15, -0.1) is 0 Å². The first-order valence-corrected chi connectivity index (χ1v) is 8.30. The van der Waals surface area contributed by atoms with Crippen molar-refractivity contribution in [1.82, 2.24) is 4.98 Å². The molecule has 1 N–H and O–H groups in total. The number of nitrogens with zero attached hydrogens (tertiary/aromatic N) is 1. The number of anilines is 1. The molecule has 0 saturated carbocycles. The van der Waals surface area contributed by atoms with E-state index in [0.29, 0.717) is 17.0 Å². The molecule has 1 amide bonds. The van der Waals surface area contributed by atoms with Crippen molar-refractivity contribution in [3.05, 3.63) is 71.5 Å². The zero-order valence-electron chi connectivity index (χ0n) is 14.1. The summed E-state index contributed by atoms with van der Waals surface area (Å²) >= 11 is 5.87. The van der Waals surface area contributed by atoms with E-state index in [4.69, 9.17) is 20.8 Å². The lowest BCUT2D eigenvalue weighted by Gasteiger charge is -2.13. The molecule has 3 rings (SSSR count). The molecule has 8 heteroatoms. The second-order valence-electron chi connectivity index (χ2n) is 5.55. The highest BCUT2D eigenvalue weighted by atomic mass is 35.5. The molecule has 0 unspecified atom stereocenters. The molecule has 27 heavy (non-hydrogen) atoms. The third-order valence-electron chi connectivity index (χ3n) is 3.61. The van der Waals surface area contributed by atoms with Crippen molar-refractivity contribution in [2.24, 2.45) is 0 Å². The van der Waals surface area contributed by atoms with Gasteiger partial charge in [-0.05, 0) is 55.5 Å². The van der Waals surface area contributed by atoms with Crippen LogP contribution in [0, 0.1) is 5.82 Å². The highest BCUT2D eigenvalue weighted by molar-refractivity contribution is 6.32. The van der Waals surface area contributed by atoms with Gasteiger partial charge >= 0.3 is 5.97 Å². The highest BCUT2D eigenvalue weighted by Gasteiger charge is 2.22. The van der Waals surface area contributed by atoms with Crippen LogP contribution < -0.4 is 5.32 Å². The van der Waals surface area contributed by atoms with Crippen LogP contribution in [0.3, 0.4) is 0 Å². The molecule has 0 spiro atoms. The number of aromatic nitrogens is 1. The van der Waals surface area contributed by atoms with E-state index < -0.39 is 18.0 Å². The van der Waals surface area contributed by atoms with Crippen LogP contribution in [0.5, 0.6) is 0 Å². The van der Waals surface area contributed by atoms with Crippen LogP contribution in [0.2, 0.25) is 5.15 Å². The molecule has 0 aliphatic rings. The van der Waals surface area contributed by atoms with E-state index in [1.165, 1.54) is 43.5 Å². The summed E-state index contributed by atoms with van der Waals surface area (Å²) in [5.41, 5.74) is 0.913. The summed E-state index contributed by atoms with van der Waals surface area (Å²) in [7, 11) is 0. The van der Waals surface area contributed by atoms with Gasteiger partial charge in [-0.1, -0.05) is 11.6 Å². The minimum atomic E-state index is -1.09. The normalized spacial score (nSPS) is 11.7. The van der Waals surface area contributed by atoms with Crippen LogP contribution in [0.15, 0.2) is 59.1 Å². The Morgan fingerprint density at radius 3 is 2.63 bits per heavy atom. The lowest BCUT2D eigenvalue weighted by molar-refractivity contribution is -0.123. The van der Waals surface area contributed by atoms with Crippen molar-refractivity contribution < 1.29 is 23.1 Å². The number of carbonyl (C=O) groups excluding carboxylic acids is 2. The standard InChI is InChI=1S/C19H14ClFN2O4/c1-11(18(24)23-14-3-2-10-22-17(14)20)26-19(25)16-9-8-15(27-16)12-4-6-13(21)7-5-12/h2-11H,1H3,(H,23,24)/t11-/m1/s1. The molecule has 138 valence electrons. The monoisotopic (exact) mass is 388 g/mol. The molecular formula is C19H14ClFN2O4. The molecule has 0 radical (unpaired) electrons. The molecule has 2 aromatic heterocycles. The molecule has 0 aliphatic heterocycles. The van der Waals surface area contributed by atoms with E-state index in [9.17, 15) is 14.0 Å². The van der Waals surface area contributed by atoms with Crippen molar-refractivity contribution in [2.75, 3.05) is 5.32 Å². The first-order valence-electron chi connectivity index (χ1n) is 7.92. The SMILES string of the molecule is C[C@@H](OC(=O)c1ccc(-c2ccc(F)cc2)o1)C(=O)Nc1cccnc1Cl. The van der Waals surface area contributed by atoms with Gasteiger partial charge in [0.2, 0.25) is 5.76 Å². The van der Waals surface area contributed by atoms with Crippen LogP contribution in [0.25, 0.3) is 11.3 Å². The molecule has 2 heterocycles. The van der Waals surface area contributed by atoms with E-state index in [1.54, 1.807) is 18.2 Å². The van der Waals surface area contributed by atoms with Gasteiger partial charge < -0.3 is 14.5 Å². The second kappa shape index (κ2) is 8.01. The maximum Gasteiger partial charge on any atom is 0.375 e. The molecule has 6 nitrogen and oxygen atoms in total. The smallest absolute Gasteiger partial charge is 0.375 e. The molecule has 0 saturated heterocycles. The highest BCUT2D eigenvalue weighted by Crippen LogP contribution is 2.23. The second-order valence-corrected chi connectivity index (χ2v) is 5.91. The van der Waals surface area contributed by atoms with Crippen LogP contribution in [0.4, 0.5) is 10.1 Å². The lowest BCUT2D eigenvalue weighted by atomic mass is 10.2. The van der Waals surface area contributed by atoms with Crippen molar-refractivity contribution in [3.63, 3.8) is 0 Å². The van der Waals surface area contributed by atoms with Gasteiger partial charge in [-0.25, -0.2) is 14.2 Å². The van der Waals surface area contributed by atoms with Gasteiger partial charge in [0.25, 0.3) is 5.91 Å². The van der Waals surface area contributed by atoms with Crippen LogP contribution in [-0.2, 0) is 9.53 Å². The average molecular weight is 389 g/mol. The molecule has 0 bridgehead atoms. The Labute approximate surface area is 158 Å². The quantitative estimate of drug-likeness (QED) is 0.520. The number of rotatable bonds is 5. The van der Waals surface area contributed by atoms with Gasteiger partial charge in [0.05, 0.1) is 5.69 Å². The predicted octanol–water partition coefficient (Wildman–Crippen LogP) is 4.32. The number of halogens is 2. The van der Waals surface area contributed by atoms with Crippen LogP contribution in [-0.4, -0.2) is 23.0 Å². The maximum atomic E-state index is 13.0. The number of amides is 1. The fourth-order valence-electron chi connectivity index (χ4n) is 2.20. The Morgan fingerprint density at radius 2 is 1.93 bits per heavy atom. The summed E-state index contributed by atoms with van der Waals surface area (Å²) in [5.74, 6) is -1.44. The number of hydrogen-bond donors (Lipinski definition) is 1. The van der Waals surface area contributed by atoms with Crippen molar-refractivity contribution >= 4 is 29.2 Å². The van der Waals surface area contributed by atoms with Crippen LogP contribution >= 0.6 is 11.6 Å². The van der Waals surface area contributed by atoms with Crippen molar-refractivity contribution in [1.29, 1.82) is 0 Å². The van der Waals surface area contributed by atoms with Gasteiger partial charge in [-0.3, -0.25) is 4.79 Å². The largest absolute Gasteiger partial charge is 0.449 e. The third kappa shape index (κ3) is 4.51. The summed E-state index contributed by atoms with van der Waals surface area (Å²) in [5, 5.41) is 2.65. The topological polar surface area (TPSA) is 81.4 Å². The van der Waals surface area contributed by atoms with E-state index in [2.05, 4.69) is 10.3 Å². The number of ether oxygens (including phenoxy) is 1. The van der Waals surface area contributed by atoms with E-state index in [0.717, 1.165) is 0 Å². The first kappa shape index (κ1) is 18.6. The lowest BCUT2D eigenvalue weighted by Crippen LogP contribution is -2.30. The fourth-order valence-corrected chi connectivity index (χ4v) is 2.37. The molecular weight excluding hydrogens is 375 g/mol. The summed E-state index contributed by atoms with van der Waals surface area (Å²) in [6, 6.07) is 11.8. The Kier molecular flexibility index (Phi) is 5.52. The molecule has 1 aromatic carbocycles. The Morgan fingerprint density at radius 1 is 1.19 bits per heavy atom. The number of hydrogen-bond acceptors (Lipinski definition) is 5. The minimum Gasteiger partial charge on any atom is -0.449 e. The number of esters is 1. The Balaban J connectivity index is 1.64. The summed E-state index contributed by atoms with van der Waals surface area (Å²) in [4.78, 5) is 28.2. The summed E-state index contributed by atoms with van der Waals surface area (Å²) in [6.45, 7) is 1.42. The summed E-state index contributed by atoms with van der Waals surface area (Å²) < 4.78 is 23.5. The number of pyridine rings is 1. The van der Waals surface area contributed by atoms with E-state index >= 15 is 0 Å². The number of carbonyl (C=O) groups is 2. The minimum absolute atomic E-state index is 0.0756. The van der Waals surface area contributed by atoms with Gasteiger partial charge in [0, 0.05) is 11.8 Å². The average Bonchev–Trinajstić information content (AvgIpc) is 3.14. The number of furan rings is 1. The number of nitrogens with one attached hydrogen (secondary N) is 1. The molecule has 3 aromatic rings. The molecule has 0 aliphatic carbocycles. The van der Waals surface area contributed by atoms with Gasteiger partial charge in [-0.2, -0.15) is 0 Å². The van der Waals surface area contributed by atoms with Gasteiger partial charge in [0.1, 0.15) is 11.6 Å². The maximum absolute atomic E-state index is 13.0. The number of benzene rings is 1. The fraction of sp³-hybridized carbons (Fsp3) is 0.105. The Bertz CT molecular complexity index is 972. The zero-order valence-corrected chi connectivity index (χ0v) is 14.9. The molecule has 1 atom stereocenters. The third-order valence-corrected chi connectivity index (χ3v) is 3.91. The van der Waals surface area contributed by atoms with Crippen LogP contribution in [0.1, 0.15) is 17.5 Å². The molecule has 0 fully saturated rings. The Hall–Kier alpha value is -3.19. The van der Waals surface area contributed by atoms with Gasteiger partial charge in [0.15, 0.2) is 11.3 Å². The van der Waals surface area contributed by atoms with Crippen molar-refractivity contribution in [3.8, 4) is 11.3 Å². The predicted molar refractivity (Wildman–Crippen MR) is 96.9 cm³/mol.